The van der Waals surface area contributed by atoms with E-state index in [0.717, 1.165) is 16.2 Å². The van der Waals surface area contributed by atoms with Crippen molar-refractivity contribution in [1.29, 1.82) is 0 Å². The molecule has 2 aromatic carbocycles. The number of nitrogens with one attached hydrogen (secondary N) is 1. The maximum atomic E-state index is 6.12. The highest BCUT2D eigenvalue weighted by Crippen LogP contribution is 2.37. The van der Waals surface area contributed by atoms with Crippen molar-refractivity contribution in [2.75, 3.05) is 7.11 Å². The fourth-order valence-electron chi connectivity index (χ4n) is 2.40. The van der Waals surface area contributed by atoms with E-state index in [1.54, 1.807) is 18.4 Å². The molecule has 0 fully saturated rings. The molecule has 0 saturated carbocycles. The van der Waals surface area contributed by atoms with Crippen LogP contribution in [0.4, 0.5) is 0 Å². The Labute approximate surface area is 132 Å². The summed E-state index contributed by atoms with van der Waals surface area (Å²) in [6, 6.07) is 15.8. The monoisotopic (exact) mass is 318 g/mol. The second kappa shape index (κ2) is 6.03. The van der Waals surface area contributed by atoms with Crippen molar-refractivity contribution in [3.05, 3.63) is 64.0 Å². The Kier molecular flexibility index (Phi) is 4.12. The number of methoxy groups -OCH3 is 1. The summed E-state index contributed by atoms with van der Waals surface area (Å²) in [7, 11) is 1.64. The second-order valence-electron chi connectivity index (χ2n) is 4.67. The number of hydrogen-bond acceptors (Lipinski definition) is 4. The third-order valence-corrected chi connectivity index (χ3v) is 4.81. The summed E-state index contributed by atoms with van der Waals surface area (Å²) in [5, 5.41) is 1.87. The summed E-state index contributed by atoms with van der Waals surface area (Å²) in [4.78, 5) is 1.12. The molecular formula is C16H15ClN2OS. The molecule has 0 radical (unpaired) electrons. The van der Waals surface area contributed by atoms with E-state index in [1.807, 2.05) is 30.3 Å². The summed E-state index contributed by atoms with van der Waals surface area (Å²) in [5.41, 5.74) is 3.80. The van der Waals surface area contributed by atoms with Gasteiger partial charge < -0.3 is 4.74 Å². The average molecular weight is 319 g/mol. The Hall–Kier alpha value is -1.59. The Morgan fingerprint density at radius 3 is 2.71 bits per heavy atom. The number of benzene rings is 2. The zero-order valence-electron chi connectivity index (χ0n) is 11.5. The van der Waals surface area contributed by atoms with Crippen molar-refractivity contribution in [3.63, 3.8) is 0 Å². The van der Waals surface area contributed by atoms with E-state index in [4.69, 9.17) is 22.2 Å². The minimum atomic E-state index is -0.156. The van der Waals surface area contributed by atoms with Crippen LogP contribution in [0.1, 0.15) is 16.5 Å². The average Bonchev–Trinajstić information content (AvgIpc) is 2.92. The van der Waals surface area contributed by atoms with Gasteiger partial charge in [0.15, 0.2) is 0 Å². The fourth-order valence-corrected chi connectivity index (χ4v) is 3.73. The van der Waals surface area contributed by atoms with Gasteiger partial charge in [-0.05, 0) is 35.7 Å². The largest absolute Gasteiger partial charge is 0.496 e. The van der Waals surface area contributed by atoms with Crippen molar-refractivity contribution < 1.29 is 4.74 Å². The zero-order chi connectivity index (χ0) is 14.8. The highest BCUT2D eigenvalue weighted by Gasteiger charge is 2.19. The number of rotatable bonds is 4. The highest BCUT2D eigenvalue weighted by molar-refractivity contribution is 7.19. The summed E-state index contributed by atoms with van der Waals surface area (Å²) in [6.45, 7) is 0. The summed E-state index contributed by atoms with van der Waals surface area (Å²) in [6.07, 6.45) is 0. The number of hydrogen-bond donors (Lipinski definition) is 2. The molecule has 1 atom stereocenters. The molecule has 3 nitrogen and oxygen atoms in total. The third kappa shape index (κ3) is 2.76. The molecule has 0 aliphatic carbocycles. The molecule has 1 aromatic heterocycles. The first-order valence-corrected chi connectivity index (χ1v) is 7.70. The van der Waals surface area contributed by atoms with Gasteiger partial charge in [-0.15, -0.1) is 11.3 Å². The van der Waals surface area contributed by atoms with Crippen molar-refractivity contribution in [1.82, 2.24) is 5.43 Å². The lowest BCUT2D eigenvalue weighted by Crippen LogP contribution is -2.28. The van der Waals surface area contributed by atoms with E-state index in [0.29, 0.717) is 5.02 Å². The SMILES string of the molecule is COc1ccc(Cl)cc1C(NN)c1cc2ccccc2s1. The molecule has 1 heterocycles. The van der Waals surface area contributed by atoms with Crippen molar-refractivity contribution in [3.8, 4) is 5.75 Å². The van der Waals surface area contributed by atoms with Gasteiger partial charge in [0.25, 0.3) is 0 Å². The van der Waals surface area contributed by atoms with Crippen LogP contribution in [0.15, 0.2) is 48.5 Å². The molecule has 108 valence electrons. The van der Waals surface area contributed by atoms with Gasteiger partial charge in [0.1, 0.15) is 5.75 Å². The molecule has 21 heavy (non-hydrogen) atoms. The number of fused-ring (bicyclic) bond motifs is 1. The molecule has 0 saturated heterocycles. The van der Waals surface area contributed by atoms with Crippen LogP contribution in [-0.4, -0.2) is 7.11 Å². The third-order valence-electron chi connectivity index (χ3n) is 3.40. The van der Waals surface area contributed by atoms with Crippen LogP contribution >= 0.6 is 22.9 Å². The molecule has 0 aliphatic heterocycles. The topological polar surface area (TPSA) is 47.3 Å². The van der Waals surface area contributed by atoms with E-state index in [2.05, 4.69) is 23.6 Å². The maximum absolute atomic E-state index is 6.12. The van der Waals surface area contributed by atoms with Gasteiger partial charge in [-0.3, -0.25) is 5.84 Å². The van der Waals surface area contributed by atoms with Gasteiger partial charge in [-0.1, -0.05) is 29.8 Å². The van der Waals surface area contributed by atoms with Gasteiger partial charge in [0.05, 0.1) is 13.2 Å². The Morgan fingerprint density at radius 2 is 2.00 bits per heavy atom. The zero-order valence-corrected chi connectivity index (χ0v) is 13.0. The minimum Gasteiger partial charge on any atom is -0.496 e. The number of halogens is 1. The van der Waals surface area contributed by atoms with E-state index in [9.17, 15) is 0 Å². The van der Waals surface area contributed by atoms with Gasteiger partial charge in [0, 0.05) is 20.2 Å². The normalized spacial score (nSPS) is 12.5. The smallest absolute Gasteiger partial charge is 0.124 e. The molecule has 0 amide bonds. The summed E-state index contributed by atoms with van der Waals surface area (Å²) in [5.74, 6) is 6.55. The molecular weight excluding hydrogens is 304 g/mol. The quantitative estimate of drug-likeness (QED) is 0.562. The molecule has 0 spiro atoms. The molecule has 3 N–H and O–H groups in total. The van der Waals surface area contributed by atoms with Gasteiger partial charge in [-0.2, -0.15) is 0 Å². The fraction of sp³-hybridized carbons (Fsp3) is 0.125. The lowest BCUT2D eigenvalue weighted by molar-refractivity contribution is 0.404. The van der Waals surface area contributed by atoms with Crippen LogP contribution in [0.5, 0.6) is 5.75 Å². The minimum absolute atomic E-state index is 0.156. The first-order chi connectivity index (χ1) is 10.2. The standard InChI is InChI=1S/C16H15ClN2OS/c1-20-13-7-6-11(17)9-12(13)16(19-18)15-8-10-4-2-3-5-14(10)21-15/h2-9,16,19H,18H2,1H3. The van der Waals surface area contributed by atoms with Crippen LogP contribution < -0.4 is 16.0 Å². The van der Waals surface area contributed by atoms with Crippen LogP contribution in [0.2, 0.25) is 5.02 Å². The Balaban J connectivity index is 2.11. The lowest BCUT2D eigenvalue weighted by atomic mass is 10.0. The predicted molar refractivity (Wildman–Crippen MR) is 89.0 cm³/mol. The van der Waals surface area contributed by atoms with Crippen molar-refractivity contribution in [2.24, 2.45) is 5.84 Å². The van der Waals surface area contributed by atoms with E-state index < -0.39 is 0 Å². The van der Waals surface area contributed by atoms with Crippen molar-refractivity contribution >= 4 is 33.0 Å². The van der Waals surface area contributed by atoms with E-state index in [-0.39, 0.29) is 6.04 Å². The molecule has 1 unspecified atom stereocenters. The lowest BCUT2D eigenvalue weighted by Gasteiger charge is -2.18. The Bertz CT molecular complexity index is 739. The van der Waals surface area contributed by atoms with Crippen LogP contribution in [-0.2, 0) is 0 Å². The van der Waals surface area contributed by atoms with Crippen molar-refractivity contribution in [2.45, 2.75) is 6.04 Å². The predicted octanol–water partition coefficient (Wildman–Crippen LogP) is 4.12. The van der Waals surface area contributed by atoms with Gasteiger partial charge in [-0.25, -0.2) is 5.43 Å². The van der Waals surface area contributed by atoms with Crippen LogP contribution in [0.3, 0.4) is 0 Å². The first-order valence-electron chi connectivity index (χ1n) is 6.51. The first kappa shape index (κ1) is 14.4. The van der Waals surface area contributed by atoms with Crippen LogP contribution in [0.25, 0.3) is 10.1 Å². The second-order valence-corrected chi connectivity index (χ2v) is 6.22. The number of thiophene rings is 1. The van der Waals surface area contributed by atoms with Gasteiger partial charge in [0.2, 0.25) is 0 Å². The van der Waals surface area contributed by atoms with Crippen LogP contribution in [0, 0.1) is 0 Å². The maximum Gasteiger partial charge on any atom is 0.124 e. The van der Waals surface area contributed by atoms with E-state index >= 15 is 0 Å². The molecule has 0 bridgehead atoms. The number of ether oxygens (including phenoxy) is 1. The van der Waals surface area contributed by atoms with E-state index in [1.165, 1.54) is 10.1 Å². The molecule has 3 aromatic rings. The molecule has 0 aliphatic rings. The number of hydrazine groups is 1. The van der Waals surface area contributed by atoms with Gasteiger partial charge >= 0.3 is 0 Å². The molecule has 5 heteroatoms. The highest BCUT2D eigenvalue weighted by atomic mass is 35.5. The summed E-state index contributed by atoms with van der Waals surface area (Å²) >= 11 is 7.83. The number of nitrogens with two attached hydrogens (primary N) is 1. The molecule has 3 rings (SSSR count). The summed E-state index contributed by atoms with van der Waals surface area (Å²) < 4.78 is 6.66. The Morgan fingerprint density at radius 1 is 1.19 bits per heavy atom.